The minimum Gasteiger partial charge on any atom is -0.274 e. The number of halogens is 2. The highest BCUT2D eigenvalue weighted by molar-refractivity contribution is 7.87. The van der Waals surface area contributed by atoms with Gasteiger partial charge in [-0.05, 0) is 43.0 Å². The van der Waals surface area contributed by atoms with Crippen LogP contribution in [0.2, 0.25) is 0 Å². The van der Waals surface area contributed by atoms with E-state index in [1.54, 1.807) is 0 Å². The number of hydrogen-bond acceptors (Lipinski definition) is 3. The summed E-state index contributed by atoms with van der Waals surface area (Å²) in [7, 11) is -2.46. The van der Waals surface area contributed by atoms with Gasteiger partial charge in [-0.3, -0.25) is 4.79 Å². The second-order valence-electron chi connectivity index (χ2n) is 4.94. The van der Waals surface area contributed by atoms with Crippen molar-refractivity contribution in [3.63, 3.8) is 0 Å². The van der Waals surface area contributed by atoms with E-state index in [9.17, 15) is 22.0 Å². The van der Waals surface area contributed by atoms with E-state index in [2.05, 4.69) is 0 Å². The molecule has 0 aliphatic rings. The third kappa shape index (κ3) is 5.69. The Morgan fingerprint density at radius 3 is 2.64 bits per heavy atom. The molecule has 1 aromatic rings. The molecule has 22 heavy (non-hydrogen) atoms. The predicted molar refractivity (Wildman–Crippen MR) is 79.3 cm³/mol. The van der Waals surface area contributed by atoms with E-state index in [1.165, 1.54) is 7.05 Å². The molecule has 0 aliphatic carbocycles. The first-order valence-corrected chi connectivity index (χ1v) is 8.41. The quantitative estimate of drug-likeness (QED) is 0.791. The van der Waals surface area contributed by atoms with Gasteiger partial charge in [-0.25, -0.2) is 13.5 Å². The van der Waals surface area contributed by atoms with E-state index in [4.69, 9.17) is 0 Å². The first kappa shape index (κ1) is 18.5. The van der Waals surface area contributed by atoms with Gasteiger partial charge in [-0.2, -0.15) is 12.7 Å². The lowest BCUT2D eigenvalue weighted by Crippen LogP contribution is -2.41. The van der Waals surface area contributed by atoms with Crippen molar-refractivity contribution in [1.82, 2.24) is 9.03 Å². The van der Waals surface area contributed by atoms with Crippen molar-refractivity contribution in [1.29, 1.82) is 0 Å². The number of nitrogens with zero attached hydrogens (tertiary/aromatic N) is 1. The number of benzene rings is 1. The SMILES string of the molecule is CCCN(C)S(=O)(=O)NC(=O)CCCc1cc(F)ccc1F. The van der Waals surface area contributed by atoms with E-state index >= 15 is 0 Å². The molecule has 0 radical (unpaired) electrons. The predicted octanol–water partition coefficient (Wildman–Crippen LogP) is 1.99. The Hall–Kier alpha value is -1.54. The first-order valence-electron chi connectivity index (χ1n) is 6.97. The van der Waals surface area contributed by atoms with Crippen molar-refractivity contribution in [2.24, 2.45) is 0 Å². The summed E-state index contributed by atoms with van der Waals surface area (Å²) in [5.41, 5.74) is 0.166. The second-order valence-corrected chi connectivity index (χ2v) is 6.72. The normalized spacial score (nSPS) is 11.7. The molecule has 0 spiro atoms. The number of carbonyl (C=O) groups excluding carboxylic acids is 1. The molecule has 0 unspecified atom stereocenters. The molecule has 0 fully saturated rings. The number of rotatable bonds is 8. The lowest BCUT2D eigenvalue weighted by Gasteiger charge is -2.16. The molecule has 1 aromatic carbocycles. The van der Waals surface area contributed by atoms with Gasteiger partial charge in [0.05, 0.1) is 0 Å². The molecule has 8 heteroatoms. The van der Waals surface area contributed by atoms with Gasteiger partial charge in [-0.15, -0.1) is 0 Å². The summed E-state index contributed by atoms with van der Waals surface area (Å²) in [5, 5.41) is 0. The van der Waals surface area contributed by atoms with Crippen LogP contribution in [0.25, 0.3) is 0 Å². The van der Waals surface area contributed by atoms with Crippen LogP contribution in [-0.4, -0.2) is 32.2 Å². The zero-order valence-electron chi connectivity index (χ0n) is 12.6. The summed E-state index contributed by atoms with van der Waals surface area (Å²) in [6, 6.07) is 3.11. The second kappa shape index (κ2) is 8.19. The number of nitrogens with one attached hydrogen (secondary N) is 1. The Balaban J connectivity index is 2.48. The standard InChI is InChI=1S/C14H20F2N2O3S/c1-3-9-18(2)22(20,21)17-14(19)6-4-5-11-10-12(15)7-8-13(11)16/h7-8,10H,3-6,9H2,1-2H3,(H,17,19). The van der Waals surface area contributed by atoms with Crippen LogP contribution in [-0.2, 0) is 21.4 Å². The summed E-state index contributed by atoms with van der Waals surface area (Å²) in [5.74, 6) is -1.76. The van der Waals surface area contributed by atoms with Crippen LogP contribution in [0.1, 0.15) is 31.7 Å². The maximum absolute atomic E-state index is 13.4. The van der Waals surface area contributed by atoms with Gasteiger partial charge in [0, 0.05) is 20.0 Å². The number of amides is 1. The molecule has 0 atom stereocenters. The zero-order chi connectivity index (χ0) is 16.8. The fourth-order valence-electron chi connectivity index (χ4n) is 1.88. The van der Waals surface area contributed by atoms with E-state index in [-0.39, 0.29) is 24.8 Å². The smallest absolute Gasteiger partial charge is 0.274 e. The summed E-state index contributed by atoms with van der Waals surface area (Å²) in [6.45, 7) is 2.12. The topological polar surface area (TPSA) is 66.5 Å². The highest BCUT2D eigenvalue weighted by Gasteiger charge is 2.19. The highest BCUT2D eigenvalue weighted by atomic mass is 32.2. The van der Waals surface area contributed by atoms with Crippen molar-refractivity contribution in [2.75, 3.05) is 13.6 Å². The van der Waals surface area contributed by atoms with Crippen molar-refractivity contribution >= 4 is 16.1 Å². The largest absolute Gasteiger partial charge is 0.303 e. The van der Waals surface area contributed by atoms with E-state index in [1.807, 2.05) is 11.6 Å². The van der Waals surface area contributed by atoms with Crippen molar-refractivity contribution in [3.05, 3.63) is 35.4 Å². The van der Waals surface area contributed by atoms with Crippen LogP contribution in [0, 0.1) is 11.6 Å². The molecule has 0 saturated heterocycles. The molecule has 0 aliphatic heterocycles. The molecule has 0 heterocycles. The first-order chi connectivity index (χ1) is 10.3. The molecule has 1 amide bonds. The number of aryl methyl sites for hydroxylation is 1. The van der Waals surface area contributed by atoms with Crippen LogP contribution in [0.15, 0.2) is 18.2 Å². The van der Waals surface area contributed by atoms with Gasteiger partial charge < -0.3 is 0 Å². The lowest BCUT2D eigenvalue weighted by molar-refractivity contribution is -0.119. The molecular formula is C14H20F2N2O3S. The van der Waals surface area contributed by atoms with Crippen LogP contribution < -0.4 is 4.72 Å². The van der Waals surface area contributed by atoms with E-state index < -0.39 is 27.8 Å². The molecular weight excluding hydrogens is 314 g/mol. The maximum atomic E-state index is 13.4. The Morgan fingerprint density at radius 1 is 1.32 bits per heavy atom. The fourth-order valence-corrected chi connectivity index (χ4v) is 2.85. The summed E-state index contributed by atoms with van der Waals surface area (Å²) in [6.07, 6.45) is 0.917. The molecule has 124 valence electrons. The molecule has 0 bridgehead atoms. The van der Waals surface area contributed by atoms with E-state index in [0.29, 0.717) is 13.0 Å². The zero-order valence-corrected chi connectivity index (χ0v) is 13.4. The molecule has 0 saturated carbocycles. The van der Waals surface area contributed by atoms with Gasteiger partial charge >= 0.3 is 10.2 Å². The third-order valence-corrected chi connectivity index (χ3v) is 4.54. The van der Waals surface area contributed by atoms with Crippen LogP contribution in [0.4, 0.5) is 8.78 Å². The lowest BCUT2D eigenvalue weighted by atomic mass is 10.1. The third-order valence-electron chi connectivity index (χ3n) is 3.05. The Bertz CT molecular complexity index is 621. The Morgan fingerprint density at radius 2 is 2.00 bits per heavy atom. The maximum Gasteiger partial charge on any atom is 0.303 e. The average molecular weight is 334 g/mol. The minimum absolute atomic E-state index is 0.0881. The summed E-state index contributed by atoms with van der Waals surface area (Å²) in [4.78, 5) is 11.6. The summed E-state index contributed by atoms with van der Waals surface area (Å²) >= 11 is 0. The van der Waals surface area contributed by atoms with E-state index in [0.717, 1.165) is 22.5 Å². The number of carbonyl (C=O) groups is 1. The molecule has 0 aromatic heterocycles. The molecule has 1 N–H and O–H groups in total. The fraction of sp³-hybridized carbons (Fsp3) is 0.500. The Labute approximate surface area is 129 Å². The summed E-state index contributed by atoms with van der Waals surface area (Å²) < 4.78 is 52.9. The van der Waals surface area contributed by atoms with Crippen LogP contribution in [0.3, 0.4) is 0 Å². The average Bonchev–Trinajstić information content (AvgIpc) is 2.42. The van der Waals surface area contributed by atoms with Crippen LogP contribution >= 0.6 is 0 Å². The minimum atomic E-state index is -3.83. The van der Waals surface area contributed by atoms with Crippen molar-refractivity contribution in [3.8, 4) is 0 Å². The number of hydrogen-bond donors (Lipinski definition) is 1. The molecule has 5 nitrogen and oxygen atoms in total. The van der Waals surface area contributed by atoms with Gasteiger partial charge in [-0.1, -0.05) is 6.92 Å². The van der Waals surface area contributed by atoms with Gasteiger partial charge in [0.2, 0.25) is 5.91 Å². The monoisotopic (exact) mass is 334 g/mol. The van der Waals surface area contributed by atoms with Gasteiger partial charge in [0.15, 0.2) is 0 Å². The molecule has 1 rings (SSSR count). The Kier molecular flexibility index (Phi) is 6.89. The van der Waals surface area contributed by atoms with Gasteiger partial charge in [0.1, 0.15) is 11.6 Å². The van der Waals surface area contributed by atoms with Crippen LogP contribution in [0.5, 0.6) is 0 Å². The van der Waals surface area contributed by atoms with Crippen molar-refractivity contribution in [2.45, 2.75) is 32.6 Å². The highest BCUT2D eigenvalue weighted by Crippen LogP contribution is 2.12. The van der Waals surface area contributed by atoms with Crippen molar-refractivity contribution < 1.29 is 22.0 Å². The van der Waals surface area contributed by atoms with Gasteiger partial charge in [0.25, 0.3) is 0 Å².